The first-order chi connectivity index (χ1) is 13.6. The molecule has 2 N–H and O–H groups in total. The maximum absolute atomic E-state index is 10.8. The van der Waals surface area contributed by atoms with Crippen LogP contribution >= 0.6 is 11.3 Å². The first-order valence-electron chi connectivity index (χ1n) is 8.72. The molecule has 0 aliphatic rings. The highest BCUT2D eigenvalue weighted by atomic mass is 32.1. The normalized spacial score (nSPS) is 10.9. The van der Waals surface area contributed by atoms with Gasteiger partial charge in [0.1, 0.15) is 5.75 Å². The van der Waals surface area contributed by atoms with Crippen LogP contribution in [0.5, 0.6) is 5.75 Å². The third-order valence-electron chi connectivity index (χ3n) is 4.52. The molecule has 0 saturated carbocycles. The second-order valence-corrected chi connectivity index (χ2v) is 7.10. The first kappa shape index (κ1) is 18.0. The molecule has 0 saturated heterocycles. The Hall–Kier alpha value is -3.39. The quantitative estimate of drug-likeness (QED) is 0.345. The summed E-state index contributed by atoms with van der Waals surface area (Å²) in [5.74, 6) is 0.842. The van der Waals surface area contributed by atoms with E-state index in [2.05, 4.69) is 15.3 Å². The Bertz CT molecular complexity index is 1120. The molecule has 28 heavy (non-hydrogen) atoms. The molecule has 0 spiro atoms. The summed E-state index contributed by atoms with van der Waals surface area (Å²) >= 11 is 1.52. The Morgan fingerprint density at radius 3 is 2.82 bits per heavy atom. The van der Waals surface area contributed by atoms with E-state index in [4.69, 9.17) is 4.74 Å². The van der Waals surface area contributed by atoms with Crippen molar-refractivity contribution in [3.8, 4) is 17.0 Å². The molecule has 4 aromatic rings. The minimum Gasteiger partial charge on any atom is -0.497 e. The van der Waals surface area contributed by atoms with Gasteiger partial charge in [0.05, 0.1) is 17.7 Å². The number of anilines is 1. The largest absolute Gasteiger partial charge is 0.497 e. The van der Waals surface area contributed by atoms with Crippen LogP contribution in [0, 0.1) is 10.1 Å². The number of aromatic amines is 1. The van der Waals surface area contributed by atoms with Gasteiger partial charge < -0.3 is 15.0 Å². The van der Waals surface area contributed by atoms with E-state index in [-0.39, 0.29) is 5.69 Å². The number of nitro groups is 1. The number of thiazole rings is 1. The van der Waals surface area contributed by atoms with E-state index in [1.807, 2.05) is 29.8 Å². The molecule has 7 nitrogen and oxygen atoms in total. The van der Waals surface area contributed by atoms with Gasteiger partial charge in [0.2, 0.25) is 0 Å². The number of H-pyrrole nitrogens is 1. The average Bonchev–Trinajstić information content (AvgIpc) is 3.35. The van der Waals surface area contributed by atoms with Gasteiger partial charge in [-0.2, -0.15) is 0 Å². The van der Waals surface area contributed by atoms with Crippen molar-refractivity contribution in [2.24, 2.45) is 0 Å². The lowest BCUT2D eigenvalue weighted by atomic mass is 10.1. The van der Waals surface area contributed by atoms with Gasteiger partial charge in [-0.25, -0.2) is 4.98 Å². The van der Waals surface area contributed by atoms with E-state index >= 15 is 0 Å². The number of fused-ring (bicyclic) bond motifs is 1. The summed E-state index contributed by atoms with van der Waals surface area (Å²) in [6.07, 6.45) is 2.87. The van der Waals surface area contributed by atoms with Gasteiger partial charge in [0.15, 0.2) is 5.13 Å². The number of nitrogens with one attached hydrogen (secondary N) is 2. The van der Waals surface area contributed by atoms with E-state index in [0.29, 0.717) is 0 Å². The van der Waals surface area contributed by atoms with Crippen molar-refractivity contribution in [3.63, 3.8) is 0 Å². The summed E-state index contributed by atoms with van der Waals surface area (Å²) in [5, 5.41) is 18.0. The monoisotopic (exact) mass is 394 g/mol. The zero-order valence-electron chi connectivity index (χ0n) is 15.1. The number of aromatic nitrogens is 2. The Morgan fingerprint density at radius 1 is 1.25 bits per heavy atom. The zero-order chi connectivity index (χ0) is 19.5. The summed E-state index contributed by atoms with van der Waals surface area (Å²) in [4.78, 5) is 18.2. The predicted octanol–water partition coefficient (Wildman–Crippen LogP) is 4.86. The van der Waals surface area contributed by atoms with Crippen molar-refractivity contribution >= 4 is 33.1 Å². The fourth-order valence-corrected chi connectivity index (χ4v) is 3.79. The Balaban J connectivity index is 1.40. The van der Waals surface area contributed by atoms with Crippen molar-refractivity contribution in [1.82, 2.24) is 9.97 Å². The molecule has 0 aliphatic carbocycles. The number of rotatable bonds is 7. The Morgan fingerprint density at radius 2 is 2.07 bits per heavy atom. The van der Waals surface area contributed by atoms with E-state index in [9.17, 15) is 10.1 Å². The van der Waals surface area contributed by atoms with E-state index < -0.39 is 4.92 Å². The molecule has 2 heterocycles. The topological polar surface area (TPSA) is 93.1 Å². The predicted molar refractivity (Wildman–Crippen MR) is 111 cm³/mol. The smallest absolute Gasteiger partial charge is 0.269 e. The van der Waals surface area contributed by atoms with Gasteiger partial charge in [-0.05, 0) is 42.3 Å². The average molecular weight is 394 g/mol. The fourth-order valence-electron chi connectivity index (χ4n) is 3.04. The van der Waals surface area contributed by atoms with Crippen molar-refractivity contribution in [2.45, 2.75) is 6.42 Å². The molecule has 2 aromatic carbocycles. The Kier molecular flexibility index (Phi) is 4.94. The lowest BCUT2D eigenvalue weighted by molar-refractivity contribution is -0.384. The molecule has 0 amide bonds. The van der Waals surface area contributed by atoms with Gasteiger partial charge in [0.25, 0.3) is 5.69 Å². The highest BCUT2D eigenvalue weighted by Crippen LogP contribution is 2.27. The molecule has 2 aromatic heterocycles. The summed E-state index contributed by atoms with van der Waals surface area (Å²) in [5.41, 5.74) is 4.05. The van der Waals surface area contributed by atoms with Gasteiger partial charge in [-0.1, -0.05) is 0 Å². The van der Waals surface area contributed by atoms with E-state index in [1.54, 1.807) is 19.2 Å². The number of nitrogens with zero attached hydrogens (tertiary/aromatic N) is 2. The van der Waals surface area contributed by atoms with Crippen LogP contribution in [0.4, 0.5) is 10.8 Å². The Labute approximate surface area is 165 Å². The van der Waals surface area contributed by atoms with Crippen LogP contribution in [-0.4, -0.2) is 28.5 Å². The molecule has 0 radical (unpaired) electrons. The van der Waals surface area contributed by atoms with Crippen LogP contribution in [0.15, 0.2) is 54.0 Å². The second kappa shape index (κ2) is 7.69. The molecule has 0 bridgehead atoms. The third kappa shape index (κ3) is 3.67. The number of ether oxygens (including phenoxy) is 1. The number of methoxy groups -OCH3 is 1. The highest BCUT2D eigenvalue weighted by Gasteiger charge is 2.09. The number of hydrogen-bond donors (Lipinski definition) is 2. The van der Waals surface area contributed by atoms with Crippen molar-refractivity contribution < 1.29 is 9.66 Å². The number of benzene rings is 2. The van der Waals surface area contributed by atoms with Crippen LogP contribution in [0.25, 0.3) is 22.2 Å². The second-order valence-electron chi connectivity index (χ2n) is 6.24. The molecular weight excluding hydrogens is 376 g/mol. The van der Waals surface area contributed by atoms with Gasteiger partial charge in [-0.3, -0.25) is 10.1 Å². The fraction of sp³-hybridized carbons (Fsp3) is 0.150. The summed E-state index contributed by atoms with van der Waals surface area (Å²) in [7, 11) is 1.67. The van der Waals surface area contributed by atoms with Crippen LogP contribution in [0.2, 0.25) is 0 Å². The number of hydrogen-bond acceptors (Lipinski definition) is 6. The molecule has 0 fully saturated rings. The van der Waals surface area contributed by atoms with Crippen molar-refractivity contribution in [1.29, 1.82) is 0 Å². The lowest BCUT2D eigenvalue weighted by Gasteiger charge is -2.03. The molecule has 0 aliphatic heterocycles. The number of non-ortho nitro benzene ring substituents is 1. The van der Waals surface area contributed by atoms with Crippen LogP contribution in [0.3, 0.4) is 0 Å². The van der Waals surface area contributed by atoms with Crippen molar-refractivity contribution in [2.75, 3.05) is 19.0 Å². The first-order valence-corrected chi connectivity index (χ1v) is 9.60. The van der Waals surface area contributed by atoms with Crippen LogP contribution in [0.1, 0.15) is 5.56 Å². The minimum absolute atomic E-state index is 0.0766. The highest BCUT2D eigenvalue weighted by molar-refractivity contribution is 7.14. The molecule has 0 atom stereocenters. The summed E-state index contributed by atoms with van der Waals surface area (Å²) in [6, 6.07) is 12.4. The summed E-state index contributed by atoms with van der Waals surface area (Å²) < 4.78 is 5.31. The van der Waals surface area contributed by atoms with Crippen molar-refractivity contribution in [3.05, 3.63) is 69.7 Å². The van der Waals surface area contributed by atoms with E-state index in [1.165, 1.54) is 29.0 Å². The molecule has 4 rings (SSSR count). The molecule has 142 valence electrons. The third-order valence-corrected chi connectivity index (χ3v) is 5.32. The molecule has 0 unspecified atom stereocenters. The van der Waals surface area contributed by atoms with Gasteiger partial charge >= 0.3 is 0 Å². The summed E-state index contributed by atoms with van der Waals surface area (Å²) in [6.45, 7) is 0.747. The molecule has 8 heteroatoms. The maximum atomic E-state index is 10.8. The van der Waals surface area contributed by atoms with Crippen LogP contribution < -0.4 is 10.1 Å². The maximum Gasteiger partial charge on any atom is 0.269 e. The standard InChI is InChI=1S/C20H18N4O3S/c1-27-16-6-7-18-17(10-16)14(11-22-18)8-9-21-20-23-19(12-28-20)13-2-4-15(5-3-13)24(25)26/h2-7,10-12,22H,8-9H2,1H3,(H,21,23). The van der Waals surface area contributed by atoms with Gasteiger partial charge in [0, 0.05) is 46.7 Å². The van der Waals surface area contributed by atoms with E-state index in [0.717, 1.165) is 46.0 Å². The van der Waals surface area contributed by atoms with Crippen LogP contribution in [-0.2, 0) is 6.42 Å². The zero-order valence-corrected chi connectivity index (χ0v) is 16.0. The van der Waals surface area contributed by atoms with Gasteiger partial charge in [-0.15, -0.1) is 11.3 Å². The number of nitro benzene ring substituents is 1. The SMILES string of the molecule is COc1ccc2[nH]cc(CCNc3nc(-c4ccc([N+](=O)[O-])cc4)cs3)c2c1. The lowest BCUT2D eigenvalue weighted by Crippen LogP contribution is -2.04. The minimum atomic E-state index is -0.405. The molecular formula is C20H18N4O3S.